The van der Waals surface area contributed by atoms with Crippen molar-refractivity contribution >= 4 is 0 Å². The first-order valence-electron chi connectivity index (χ1n) is 5.04. The molecular weight excluding hydrogens is 162 g/mol. The molecule has 0 radical (unpaired) electrons. The van der Waals surface area contributed by atoms with Gasteiger partial charge in [0.2, 0.25) is 0 Å². The van der Waals surface area contributed by atoms with Gasteiger partial charge in [0.25, 0.3) is 0 Å². The summed E-state index contributed by atoms with van der Waals surface area (Å²) in [7, 11) is 2.02. The average Bonchev–Trinajstić information content (AvgIpc) is 2.88. The van der Waals surface area contributed by atoms with E-state index in [-0.39, 0.29) is 0 Å². The summed E-state index contributed by atoms with van der Waals surface area (Å²) in [6.45, 7) is 3.11. The third kappa shape index (κ3) is 2.10. The van der Waals surface area contributed by atoms with Crippen LogP contribution in [0, 0.1) is 0 Å². The van der Waals surface area contributed by atoms with Crippen LogP contribution in [0.15, 0.2) is 6.07 Å². The van der Waals surface area contributed by atoms with Crippen molar-refractivity contribution in [2.45, 2.75) is 38.8 Å². The first kappa shape index (κ1) is 8.75. The van der Waals surface area contributed by atoms with Crippen molar-refractivity contribution in [3.63, 3.8) is 0 Å². The third-order valence-corrected chi connectivity index (χ3v) is 2.54. The van der Waals surface area contributed by atoms with Crippen LogP contribution in [0.4, 0.5) is 0 Å². The van der Waals surface area contributed by atoms with Crippen molar-refractivity contribution in [1.82, 2.24) is 15.1 Å². The van der Waals surface area contributed by atoms with Gasteiger partial charge >= 0.3 is 0 Å². The van der Waals surface area contributed by atoms with Crippen LogP contribution in [0.2, 0.25) is 0 Å². The second kappa shape index (κ2) is 3.50. The third-order valence-electron chi connectivity index (χ3n) is 2.54. The molecule has 1 aromatic rings. The van der Waals surface area contributed by atoms with E-state index in [2.05, 4.69) is 23.4 Å². The van der Waals surface area contributed by atoms with E-state index in [9.17, 15) is 0 Å². The smallest absolute Gasteiger partial charge is 0.0625 e. The molecule has 72 valence electrons. The van der Waals surface area contributed by atoms with Gasteiger partial charge in [-0.15, -0.1) is 0 Å². The highest BCUT2D eigenvalue weighted by atomic mass is 15.3. The highest BCUT2D eigenvalue weighted by molar-refractivity contribution is 5.10. The van der Waals surface area contributed by atoms with Crippen LogP contribution in [0.25, 0.3) is 0 Å². The maximum atomic E-state index is 4.40. The monoisotopic (exact) mass is 179 g/mol. The summed E-state index contributed by atoms with van der Waals surface area (Å²) in [5.41, 5.74) is 2.49. The molecule has 1 heterocycles. The molecule has 1 aliphatic rings. The predicted molar refractivity (Wildman–Crippen MR) is 52.4 cm³/mol. The van der Waals surface area contributed by atoms with Crippen LogP contribution in [0.3, 0.4) is 0 Å². The standard InChI is InChI=1S/C10H17N3/c1-3-8-6-10(13(2)12-8)7-11-9-4-5-9/h6,9,11H,3-5,7H2,1-2H3. The largest absolute Gasteiger partial charge is 0.308 e. The summed E-state index contributed by atoms with van der Waals surface area (Å²) in [6, 6.07) is 2.97. The summed E-state index contributed by atoms with van der Waals surface area (Å²) < 4.78 is 1.98. The normalized spacial score (nSPS) is 16.5. The van der Waals surface area contributed by atoms with Gasteiger partial charge in [-0.1, -0.05) is 6.92 Å². The molecule has 1 aromatic heterocycles. The lowest BCUT2D eigenvalue weighted by atomic mass is 10.3. The Balaban J connectivity index is 1.96. The van der Waals surface area contributed by atoms with Gasteiger partial charge in [0.05, 0.1) is 11.4 Å². The second-order valence-electron chi connectivity index (χ2n) is 3.76. The SMILES string of the molecule is CCc1cc(CNC2CC2)n(C)n1. The quantitative estimate of drug-likeness (QED) is 0.753. The molecule has 3 nitrogen and oxygen atoms in total. The van der Waals surface area contributed by atoms with Gasteiger partial charge in [-0.25, -0.2) is 0 Å². The minimum Gasteiger partial charge on any atom is -0.308 e. The van der Waals surface area contributed by atoms with Gasteiger partial charge in [-0.2, -0.15) is 5.10 Å². The molecular formula is C10H17N3. The van der Waals surface area contributed by atoms with E-state index in [1.54, 1.807) is 0 Å². The lowest BCUT2D eigenvalue weighted by Crippen LogP contribution is -2.17. The van der Waals surface area contributed by atoms with Crippen LogP contribution >= 0.6 is 0 Å². The first-order chi connectivity index (χ1) is 6.29. The Morgan fingerprint density at radius 2 is 2.38 bits per heavy atom. The molecule has 0 aromatic carbocycles. The Morgan fingerprint density at radius 3 is 2.92 bits per heavy atom. The summed E-state index contributed by atoms with van der Waals surface area (Å²) in [4.78, 5) is 0. The maximum absolute atomic E-state index is 4.40. The molecule has 3 heteroatoms. The Morgan fingerprint density at radius 1 is 1.62 bits per heavy atom. The second-order valence-corrected chi connectivity index (χ2v) is 3.76. The first-order valence-corrected chi connectivity index (χ1v) is 5.04. The topological polar surface area (TPSA) is 29.9 Å². The number of aryl methyl sites for hydroxylation is 2. The van der Waals surface area contributed by atoms with Gasteiger partial charge in [0.15, 0.2) is 0 Å². The highest BCUT2D eigenvalue weighted by Gasteiger charge is 2.20. The van der Waals surface area contributed by atoms with Crippen LogP contribution in [0.5, 0.6) is 0 Å². The molecule has 1 fully saturated rings. The zero-order chi connectivity index (χ0) is 9.26. The molecule has 0 saturated heterocycles. The van der Waals surface area contributed by atoms with Crippen molar-refractivity contribution in [2.75, 3.05) is 0 Å². The summed E-state index contributed by atoms with van der Waals surface area (Å²) in [5, 5.41) is 7.89. The summed E-state index contributed by atoms with van der Waals surface area (Å²) >= 11 is 0. The Labute approximate surface area is 79.1 Å². The minimum absolute atomic E-state index is 0.778. The fourth-order valence-electron chi connectivity index (χ4n) is 1.45. The lowest BCUT2D eigenvalue weighted by Gasteiger charge is -2.01. The van der Waals surface area contributed by atoms with E-state index >= 15 is 0 Å². The molecule has 1 aliphatic carbocycles. The zero-order valence-corrected chi connectivity index (χ0v) is 8.38. The van der Waals surface area contributed by atoms with Gasteiger partial charge in [-0.05, 0) is 25.3 Å². The molecule has 2 rings (SSSR count). The molecule has 0 amide bonds. The average molecular weight is 179 g/mol. The van der Waals surface area contributed by atoms with Crippen molar-refractivity contribution in [2.24, 2.45) is 7.05 Å². The number of rotatable bonds is 4. The lowest BCUT2D eigenvalue weighted by molar-refractivity contribution is 0.621. The van der Waals surface area contributed by atoms with Crippen LogP contribution < -0.4 is 5.32 Å². The zero-order valence-electron chi connectivity index (χ0n) is 8.38. The number of hydrogen-bond donors (Lipinski definition) is 1. The van der Waals surface area contributed by atoms with Crippen LogP contribution in [0.1, 0.15) is 31.2 Å². The molecule has 0 aliphatic heterocycles. The van der Waals surface area contributed by atoms with Crippen molar-refractivity contribution < 1.29 is 0 Å². The molecule has 13 heavy (non-hydrogen) atoms. The van der Waals surface area contributed by atoms with Gasteiger partial charge in [0, 0.05) is 19.6 Å². The number of hydrogen-bond acceptors (Lipinski definition) is 2. The number of aromatic nitrogens is 2. The fourth-order valence-corrected chi connectivity index (χ4v) is 1.45. The van der Waals surface area contributed by atoms with Crippen LogP contribution in [-0.2, 0) is 20.0 Å². The van der Waals surface area contributed by atoms with Crippen LogP contribution in [-0.4, -0.2) is 15.8 Å². The predicted octanol–water partition coefficient (Wildman–Crippen LogP) is 1.23. The van der Waals surface area contributed by atoms with Gasteiger partial charge in [-0.3, -0.25) is 4.68 Å². The maximum Gasteiger partial charge on any atom is 0.0625 e. The van der Waals surface area contributed by atoms with E-state index in [0.717, 1.165) is 19.0 Å². The van der Waals surface area contributed by atoms with Crippen molar-refractivity contribution in [1.29, 1.82) is 0 Å². The van der Waals surface area contributed by atoms with E-state index in [0.29, 0.717) is 0 Å². The number of nitrogens with zero attached hydrogens (tertiary/aromatic N) is 2. The van der Waals surface area contributed by atoms with E-state index < -0.39 is 0 Å². The molecule has 0 bridgehead atoms. The van der Waals surface area contributed by atoms with Gasteiger partial charge < -0.3 is 5.32 Å². The minimum atomic E-state index is 0.778. The Bertz CT molecular complexity index is 286. The molecule has 1 saturated carbocycles. The highest BCUT2D eigenvalue weighted by Crippen LogP contribution is 2.19. The van der Waals surface area contributed by atoms with E-state index in [4.69, 9.17) is 0 Å². The van der Waals surface area contributed by atoms with E-state index in [1.165, 1.54) is 24.2 Å². The van der Waals surface area contributed by atoms with Crippen molar-refractivity contribution in [3.05, 3.63) is 17.5 Å². The molecule has 1 N–H and O–H groups in total. The fraction of sp³-hybridized carbons (Fsp3) is 0.700. The molecule has 0 unspecified atom stereocenters. The summed E-state index contributed by atoms with van der Waals surface area (Å²) in [6.07, 6.45) is 3.72. The molecule has 0 atom stereocenters. The number of nitrogens with one attached hydrogen (secondary N) is 1. The van der Waals surface area contributed by atoms with Gasteiger partial charge in [0.1, 0.15) is 0 Å². The van der Waals surface area contributed by atoms with Crippen molar-refractivity contribution in [3.8, 4) is 0 Å². The van der Waals surface area contributed by atoms with E-state index in [1.807, 2.05) is 11.7 Å². The Hall–Kier alpha value is -0.830. The Kier molecular flexibility index (Phi) is 2.36. The summed E-state index contributed by atoms with van der Waals surface area (Å²) in [5.74, 6) is 0. The molecule has 0 spiro atoms.